The normalized spacial score (nSPS) is 20.4. The third-order valence-corrected chi connectivity index (χ3v) is 7.33. The molecule has 3 aliphatic rings. The SMILES string of the molecule is O=C1CC(N(Cc2ccc3c(c2)OCO3)C(=O)C2CCCCC2)C(=O)N1c1ccc(I)cc1. The van der Waals surface area contributed by atoms with Gasteiger partial charge in [-0.1, -0.05) is 25.3 Å². The lowest BCUT2D eigenvalue weighted by Gasteiger charge is -2.32. The summed E-state index contributed by atoms with van der Waals surface area (Å²) < 4.78 is 11.9. The fourth-order valence-corrected chi connectivity index (χ4v) is 5.24. The van der Waals surface area contributed by atoms with Gasteiger partial charge in [0.15, 0.2) is 11.5 Å². The number of benzene rings is 2. The van der Waals surface area contributed by atoms with Crippen LogP contribution in [0.4, 0.5) is 5.69 Å². The molecule has 5 rings (SSSR count). The summed E-state index contributed by atoms with van der Waals surface area (Å²) in [5.74, 6) is 0.531. The molecular weight excluding hydrogens is 535 g/mol. The molecule has 0 spiro atoms. The second-order valence-corrected chi connectivity index (χ2v) is 10.00. The van der Waals surface area contributed by atoms with Crippen molar-refractivity contribution < 1.29 is 23.9 Å². The van der Waals surface area contributed by atoms with Crippen molar-refractivity contribution in [2.24, 2.45) is 5.92 Å². The number of hydrogen-bond donors (Lipinski definition) is 0. The molecule has 33 heavy (non-hydrogen) atoms. The molecule has 1 saturated carbocycles. The van der Waals surface area contributed by atoms with Gasteiger partial charge >= 0.3 is 0 Å². The van der Waals surface area contributed by atoms with Gasteiger partial charge in [-0.25, -0.2) is 4.90 Å². The molecule has 1 unspecified atom stereocenters. The summed E-state index contributed by atoms with van der Waals surface area (Å²) in [6.45, 7) is 0.417. The van der Waals surface area contributed by atoms with Gasteiger partial charge in [0.05, 0.1) is 12.1 Å². The first-order chi connectivity index (χ1) is 16.0. The van der Waals surface area contributed by atoms with E-state index in [-0.39, 0.29) is 43.4 Å². The maximum absolute atomic E-state index is 13.7. The highest BCUT2D eigenvalue weighted by Gasteiger charge is 2.45. The van der Waals surface area contributed by atoms with Crippen molar-refractivity contribution in [2.75, 3.05) is 11.7 Å². The highest BCUT2D eigenvalue weighted by atomic mass is 127. The molecule has 3 amide bonds. The lowest BCUT2D eigenvalue weighted by Crippen LogP contribution is -2.47. The van der Waals surface area contributed by atoms with Gasteiger partial charge in [0.2, 0.25) is 18.6 Å². The standard InChI is InChI=1S/C25H25IN2O5/c26-18-7-9-19(10-8-18)28-23(29)13-20(25(28)31)27(24(30)17-4-2-1-3-5-17)14-16-6-11-21-22(12-16)33-15-32-21/h6-12,17,20H,1-5,13-15H2. The van der Waals surface area contributed by atoms with Gasteiger partial charge in [-0.15, -0.1) is 0 Å². The number of anilines is 1. The Labute approximate surface area is 206 Å². The Morgan fingerprint density at radius 3 is 2.48 bits per heavy atom. The average Bonchev–Trinajstić information content (AvgIpc) is 3.41. The summed E-state index contributed by atoms with van der Waals surface area (Å²) in [5, 5.41) is 0. The van der Waals surface area contributed by atoms with E-state index < -0.39 is 6.04 Å². The van der Waals surface area contributed by atoms with Crippen LogP contribution in [0.1, 0.15) is 44.1 Å². The fourth-order valence-electron chi connectivity index (χ4n) is 4.88. The number of halogens is 1. The van der Waals surface area contributed by atoms with Crippen LogP contribution >= 0.6 is 22.6 Å². The van der Waals surface area contributed by atoms with Gasteiger partial charge in [-0.2, -0.15) is 0 Å². The van der Waals surface area contributed by atoms with E-state index in [9.17, 15) is 14.4 Å². The maximum atomic E-state index is 13.7. The van der Waals surface area contributed by atoms with E-state index in [2.05, 4.69) is 22.6 Å². The Bertz CT molecular complexity index is 1080. The van der Waals surface area contributed by atoms with Crippen molar-refractivity contribution in [1.29, 1.82) is 0 Å². The predicted octanol–water partition coefficient (Wildman–Crippen LogP) is 4.26. The molecule has 7 nitrogen and oxygen atoms in total. The molecule has 8 heteroatoms. The Kier molecular flexibility index (Phi) is 6.27. The number of rotatable bonds is 5. The molecule has 0 aromatic heterocycles. The predicted molar refractivity (Wildman–Crippen MR) is 130 cm³/mol. The van der Waals surface area contributed by atoms with E-state index in [0.29, 0.717) is 17.2 Å². The van der Waals surface area contributed by atoms with Crippen molar-refractivity contribution in [3.05, 3.63) is 51.6 Å². The molecule has 1 atom stereocenters. The van der Waals surface area contributed by atoms with Gasteiger partial charge in [0.25, 0.3) is 5.91 Å². The zero-order valence-corrected chi connectivity index (χ0v) is 20.3. The average molecular weight is 560 g/mol. The molecule has 2 heterocycles. The van der Waals surface area contributed by atoms with Crippen molar-refractivity contribution in [2.45, 2.75) is 51.1 Å². The Morgan fingerprint density at radius 2 is 1.73 bits per heavy atom. The number of carbonyl (C=O) groups is 3. The molecule has 0 N–H and O–H groups in total. The smallest absolute Gasteiger partial charge is 0.257 e. The first-order valence-electron chi connectivity index (χ1n) is 11.3. The fraction of sp³-hybridized carbons (Fsp3) is 0.400. The molecule has 1 saturated heterocycles. The van der Waals surface area contributed by atoms with E-state index in [1.807, 2.05) is 30.3 Å². The van der Waals surface area contributed by atoms with Crippen LogP contribution in [0.15, 0.2) is 42.5 Å². The molecule has 2 aliphatic heterocycles. The topological polar surface area (TPSA) is 76.1 Å². The molecule has 172 valence electrons. The summed E-state index contributed by atoms with van der Waals surface area (Å²) in [6, 6.07) is 12.0. The van der Waals surface area contributed by atoms with Crippen LogP contribution in [0.5, 0.6) is 11.5 Å². The minimum Gasteiger partial charge on any atom is -0.454 e. The zero-order chi connectivity index (χ0) is 22.9. The van der Waals surface area contributed by atoms with Crippen molar-refractivity contribution in [3.8, 4) is 11.5 Å². The van der Waals surface area contributed by atoms with Gasteiger partial charge in [0.1, 0.15) is 6.04 Å². The minimum absolute atomic E-state index is 0.00612. The molecule has 0 radical (unpaired) electrons. The third kappa shape index (κ3) is 4.45. The number of nitrogens with zero attached hydrogens (tertiary/aromatic N) is 2. The van der Waals surface area contributed by atoms with Crippen LogP contribution in [0, 0.1) is 9.49 Å². The third-order valence-electron chi connectivity index (χ3n) is 6.61. The van der Waals surface area contributed by atoms with E-state index in [0.717, 1.165) is 41.2 Å². The van der Waals surface area contributed by atoms with E-state index >= 15 is 0 Å². The zero-order valence-electron chi connectivity index (χ0n) is 18.2. The van der Waals surface area contributed by atoms with Crippen LogP contribution in [0.25, 0.3) is 0 Å². The number of hydrogen-bond acceptors (Lipinski definition) is 5. The Morgan fingerprint density at radius 1 is 1.00 bits per heavy atom. The Balaban J connectivity index is 1.44. The maximum Gasteiger partial charge on any atom is 0.257 e. The lowest BCUT2D eigenvalue weighted by atomic mass is 9.87. The Hall–Kier alpha value is -2.62. The van der Waals surface area contributed by atoms with Crippen molar-refractivity contribution in [1.82, 2.24) is 4.90 Å². The molecule has 2 aromatic rings. The quantitative estimate of drug-likeness (QED) is 0.404. The highest BCUT2D eigenvalue weighted by molar-refractivity contribution is 14.1. The van der Waals surface area contributed by atoms with Crippen LogP contribution in [0.3, 0.4) is 0 Å². The molecule has 0 bridgehead atoms. The second kappa shape index (κ2) is 9.32. The molecule has 1 aliphatic carbocycles. The first kappa shape index (κ1) is 22.2. The molecule has 2 aromatic carbocycles. The first-order valence-corrected chi connectivity index (χ1v) is 12.4. The van der Waals surface area contributed by atoms with Crippen molar-refractivity contribution in [3.63, 3.8) is 0 Å². The number of carbonyl (C=O) groups excluding carboxylic acids is 3. The van der Waals surface area contributed by atoms with E-state index in [1.165, 1.54) is 4.90 Å². The largest absolute Gasteiger partial charge is 0.454 e. The van der Waals surface area contributed by atoms with Gasteiger partial charge in [0, 0.05) is 16.0 Å². The number of fused-ring (bicyclic) bond motifs is 1. The van der Waals surface area contributed by atoms with Crippen LogP contribution in [-0.4, -0.2) is 35.5 Å². The summed E-state index contributed by atoms with van der Waals surface area (Å²) in [6.07, 6.45) is 4.81. The summed E-state index contributed by atoms with van der Waals surface area (Å²) in [4.78, 5) is 42.9. The lowest BCUT2D eigenvalue weighted by molar-refractivity contribution is -0.143. The van der Waals surface area contributed by atoms with Crippen LogP contribution < -0.4 is 14.4 Å². The molecule has 2 fully saturated rings. The van der Waals surface area contributed by atoms with Gasteiger partial charge in [-0.3, -0.25) is 14.4 Å². The van der Waals surface area contributed by atoms with E-state index in [1.54, 1.807) is 17.0 Å². The summed E-state index contributed by atoms with van der Waals surface area (Å²) in [7, 11) is 0. The second-order valence-electron chi connectivity index (χ2n) is 8.75. The van der Waals surface area contributed by atoms with Gasteiger partial charge < -0.3 is 14.4 Å². The summed E-state index contributed by atoms with van der Waals surface area (Å²) in [5.41, 5.74) is 1.39. The summed E-state index contributed by atoms with van der Waals surface area (Å²) >= 11 is 2.18. The van der Waals surface area contributed by atoms with Crippen molar-refractivity contribution >= 4 is 46.0 Å². The minimum atomic E-state index is -0.809. The number of ether oxygens (including phenoxy) is 2. The molecular formula is C25H25IN2O5. The number of imide groups is 1. The number of amides is 3. The van der Waals surface area contributed by atoms with Crippen LogP contribution in [0.2, 0.25) is 0 Å². The van der Waals surface area contributed by atoms with E-state index in [4.69, 9.17) is 9.47 Å². The van der Waals surface area contributed by atoms with Crippen LogP contribution in [-0.2, 0) is 20.9 Å². The highest BCUT2D eigenvalue weighted by Crippen LogP contribution is 2.35. The van der Waals surface area contributed by atoms with Gasteiger partial charge in [-0.05, 0) is 77.4 Å². The monoisotopic (exact) mass is 560 g/mol.